The first-order valence-electron chi connectivity index (χ1n) is 19.5. The van der Waals surface area contributed by atoms with E-state index >= 15 is 0 Å². The van der Waals surface area contributed by atoms with E-state index in [1.165, 1.54) is 22.3 Å². The SMILES string of the molecule is CCc1cc(Cc2[nH]cnc2C)cc(C)c1Nc1ccc2c(-c3ccccc3C(=O)O)c3ccc(Nc4c(C)cc(Cc5[nH]cnc5C)cc4CC)cc3[o+]c2c1. The van der Waals surface area contributed by atoms with E-state index in [9.17, 15) is 9.90 Å². The number of carbonyl (C=O) groups is 1. The number of benzene rings is 5. The highest BCUT2D eigenvalue weighted by molar-refractivity contribution is 6.12. The number of hydrogen-bond acceptors (Lipinski definition) is 5. The van der Waals surface area contributed by atoms with Crippen LogP contribution < -0.4 is 10.6 Å². The second-order valence-electron chi connectivity index (χ2n) is 14.9. The largest absolute Gasteiger partial charge is 0.478 e. The first-order chi connectivity index (χ1) is 27.6. The molecule has 0 saturated carbocycles. The number of carboxylic acids is 1. The van der Waals surface area contributed by atoms with Crippen molar-refractivity contribution in [1.82, 2.24) is 19.9 Å². The van der Waals surface area contributed by atoms with Crippen molar-refractivity contribution in [3.8, 4) is 11.1 Å². The highest BCUT2D eigenvalue weighted by Crippen LogP contribution is 2.41. The Morgan fingerprint density at radius 1 is 0.667 bits per heavy atom. The third-order valence-corrected chi connectivity index (χ3v) is 11.0. The van der Waals surface area contributed by atoms with E-state index in [0.717, 1.165) is 98.7 Å². The predicted molar refractivity (Wildman–Crippen MR) is 230 cm³/mol. The number of hydrogen-bond donors (Lipinski definition) is 5. The monoisotopic (exact) mass is 755 g/mol. The summed E-state index contributed by atoms with van der Waals surface area (Å²) in [6.45, 7) is 12.7. The number of anilines is 4. The van der Waals surface area contributed by atoms with Gasteiger partial charge in [-0.1, -0.05) is 56.3 Å². The van der Waals surface area contributed by atoms with Crippen LogP contribution in [0.25, 0.3) is 33.1 Å². The highest BCUT2D eigenvalue weighted by Gasteiger charge is 2.25. The second-order valence-corrected chi connectivity index (χ2v) is 14.9. The van der Waals surface area contributed by atoms with Crippen molar-refractivity contribution < 1.29 is 14.3 Å². The van der Waals surface area contributed by atoms with E-state index in [1.54, 1.807) is 24.8 Å². The molecular weight excluding hydrogens is 709 g/mol. The van der Waals surface area contributed by atoms with Gasteiger partial charge < -0.3 is 25.7 Å². The van der Waals surface area contributed by atoms with Crippen molar-refractivity contribution in [1.29, 1.82) is 0 Å². The Morgan fingerprint density at radius 2 is 1.16 bits per heavy atom. The minimum Gasteiger partial charge on any atom is -0.478 e. The Kier molecular flexibility index (Phi) is 10.1. The minimum absolute atomic E-state index is 0.234. The predicted octanol–water partition coefficient (Wildman–Crippen LogP) is 11.7. The lowest BCUT2D eigenvalue weighted by Gasteiger charge is -2.17. The van der Waals surface area contributed by atoms with Crippen LogP contribution in [-0.2, 0) is 25.7 Å². The fraction of sp³-hybridized carbons (Fsp3) is 0.208. The third kappa shape index (κ3) is 7.36. The van der Waals surface area contributed by atoms with Crippen LogP contribution in [0, 0.1) is 27.7 Å². The molecule has 0 amide bonds. The molecule has 0 aliphatic heterocycles. The number of aromatic carboxylic acids is 1. The molecule has 0 aliphatic rings. The van der Waals surface area contributed by atoms with Gasteiger partial charge in [0.1, 0.15) is 0 Å². The molecule has 286 valence electrons. The van der Waals surface area contributed by atoms with Gasteiger partial charge in [0.15, 0.2) is 0 Å². The zero-order valence-corrected chi connectivity index (χ0v) is 33.2. The number of aryl methyl sites for hydroxylation is 6. The molecule has 9 heteroatoms. The van der Waals surface area contributed by atoms with Gasteiger partial charge in [-0.3, -0.25) is 0 Å². The van der Waals surface area contributed by atoms with Gasteiger partial charge in [0.05, 0.1) is 52.5 Å². The summed E-state index contributed by atoms with van der Waals surface area (Å²) in [4.78, 5) is 27.9. The average Bonchev–Trinajstić information content (AvgIpc) is 3.81. The van der Waals surface area contributed by atoms with Crippen LogP contribution in [0.4, 0.5) is 22.7 Å². The summed E-state index contributed by atoms with van der Waals surface area (Å²) in [5.41, 5.74) is 18.3. The molecule has 57 heavy (non-hydrogen) atoms. The molecule has 9 nitrogen and oxygen atoms in total. The number of H-pyrrole nitrogens is 2. The fourth-order valence-electron chi connectivity index (χ4n) is 8.06. The first kappa shape index (κ1) is 37.2. The van der Waals surface area contributed by atoms with E-state index in [-0.39, 0.29) is 5.56 Å². The van der Waals surface area contributed by atoms with Crippen molar-refractivity contribution in [3.05, 3.63) is 159 Å². The molecule has 0 aliphatic carbocycles. The molecule has 5 aromatic carbocycles. The van der Waals surface area contributed by atoms with E-state index in [0.29, 0.717) is 16.7 Å². The van der Waals surface area contributed by atoms with Crippen LogP contribution in [0.3, 0.4) is 0 Å². The molecule has 0 spiro atoms. The molecular formula is C48H47N6O3+. The van der Waals surface area contributed by atoms with Crippen molar-refractivity contribution in [2.45, 2.75) is 67.2 Å². The quantitative estimate of drug-likeness (QED) is 0.0620. The Hall–Kier alpha value is -6.74. The molecule has 0 radical (unpaired) electrons. The number of fused-ring (bicyclic) bond motifs is 2. The van der Waals surface area contributed by atoms with Crippen LogP contribution in [0.5, 0.6) is 0 Å². The number of nitrogens with one attached hydrogen (secondary N) is 4. The molecule has 8 aromatic rings. The standard InChI is InChI=1S/C48H46N6O3/c1-7-33-19-31(21-41-29(5)49-25-51-41)17-27(3)46(33)53-35-13-15-39-43(23-35)57-44-24-36(14-16-40(44)45(39)37-11-9-10-12-38(37)48(55)56)54-47-28(4)18-32(20-34(47)8-2)22-42-30(6)50-26-52-42/h9-20,23-26,53-54H,7-8,21-22H2,1-6H3,(H2-,49,50,51,52,55,56)/p+1. The van der Waals surface area contributed by atoms with Gasteiger partial charge in [-0.15, -0.1) is 0 Å². The summed E-state index contributed by atoms with van der Waals surface area (Å²) in [6, 6.07) is 28.3. The van der Waals surface area contributed by atoms with E-state index in [2.05, 4.69) is 82.5 Å². The Bertz CT molecular complexity index is 2650. The van der Waals surface area contributed by atoms with Gasteiger partial charge in [0.2, 0.25) is 0 Å². The van der Waals surface area contributed by atoms with Crippen LogP contribution in [-0.4, -0.2) is 31.0 Å². The van der Waals surface area contributed by atoms with E-state index in [4.69, 9.17) is 4.42 Å². The number of aromatic nitrogens is 4. The van der Waals surface area contributed by atoms with Crippen molar-refractivity contribution >= 4 is 50.7 Å². The molecule has 3 aromatic heterocycles. The van der Waals surface area contributed by atoms with Crippen LogP contribution in [0.1, 0.15) is 80.4 Å². The van der Waals surface area contributed by atoms with Crippen LogP contribution in [0.15, 0.2) is 102 Å². The van der Waals surface area contributed by atoms with Gasteiger partial charge in [-0.25, -0.2) is 19.2 Å². The maximum Gasteiger partial charge on any atom is 0.363 e. The number of imidazole rings is 2. The smallest absolute Gasteiger partial charge is 0.363 e. The third-order valence-electron chi connectivity index (χ3n) is 11.0. The lowest BCUT2D eigenvalue weighted by atomic mass is 9.93. The van der Waals surface area contributed by atoms with Crippen LogP contribution in [0.2, 0.25) is 0 Å². The van der Waals surface area contributed by atoms with Crippen LogP contribution >= 0.6 is 0 Å². The zero-order valence-electron chi connectivity index (χ0n) is 33.2. The second kappa shape index (κ2) is 15.4. The van der Waals surface area contributed by atoms with E-state index in [1.807, 2.05) is 62.4 Å². The van der Waals surface area contributed by atoms with Gasteiger partial charge in [-0.05, 0) is 110 Å². The molecule has 0 unspecified atom stereocenters. The van der Waals surface area contributed by atoms with Crippen molar-refractivity contribution in [2.75, 3.05) is 10.6 Å². The lowest BCUT2D eigenvalue weighted by Crippen LogP contribution is -2.02. The summed E-state index contributed by atoms with van der Waals surface area (Å²) in [7, 11) is 0. The normalized spacial score (nSPS) is 11.4. The van der Waals surface area contributed by atoms with Gasteiger partial charge in [-0.2, -0.15) is 0 Å². The molecule has 0 bridgehead atoms. The number of nitrogens with zero attached hydrogens (tertiary/aromatic N) is 2. The fourth-order valence-corrected chi connectivity index (χ4v) is 8.06. The Balaban J connectivity index is 1.20. The molecule has 8 rings (SSSR count). The summed E-state index contributed by atoms with van der Waals surface area (Å²) in [5, 5.41) is 19.4. The maximum atomic E-state index is 12.6. The van der Waals surface area contributed by atoms with E-state index < -0.39 is 5.97 Å². The highest BCUT2D eigenvalue weighted by atomic mass is 16.4. The molecule has 0 atom stereocenters. The molecule has 5 N–H and O–H groups in total. The molecule has 0 saturated heterocycles. The van der Waals surface area contributed by atoms with Crippen molar-refractivity contribution in [2.24, 2.45) is 0 Å². The number of aromatic amines is 2. The Labute approximate surface area is 332 Å². The topological polar surface area (TPSA) is 130 Å². The maximum absolute atomic E-state index is 12.6. The summed E-state index contributed by atoms with van der Waals surface area (Å²) in [5.74, 6) is -0.980. The Morgan fingerprint density at radius 3 is 1.60 bits per heavy atom. The number of rotatable bonds is 12. The lowest BCUT2D eigenvalue weighted by molar-refractivity contribution is 0.0697. The minimum atomic E-state index is -0.980. The van der Waals surface area contributed by atoms with Gasteiger partial charge >= 0.3 is 17.1 Å². The first-order valence-corrected chi connectivity index (χ1v) is 19.5. The summed E-state index contributed by atoms with van der Waals surface area (Å²) >= 11 is 0. The molecule has 3 heterocycles. The zero-order chi connectivity index (χ0) is 39.8. The average molecular weight is 756 g/mol. The summed E-state index contributed by atoms with van der Waals surface area (Å²) < 4.78 is 6.77. The summed E-state index contributed by atoms with van der Waals surface area (Å²) in [6.07, 6.45) is 6.79. The van der Waals surface area contributed by atoms with Crippen molar-refractivity contribution in [3.63, 3.8) is 0 Å². The molecule has 0 fully saturated rings. The van der Waals surface area contributed by atoms with Gasteiger partial charge in [0.25, 0.3) is 0 Å². The number of carboxylic acid groups (broad SMARTS) is 1. The van der Waals surface area contributed by atoms with Gasteiger partial charge in [0, 0.05) is 52.5 Å².